The zero-order valence-corrected chi connectivity index (χ0v) is 12.7. The molecule has 0 unspecified atom stereocenters. The van der Waals surface area contributed by atoms with E-state index in [1.54, 1.807) is 17.8 Å². The highest BCUT2D eigenvalue weighted by atomic mass is 16.4. The minimum atomic E-state index is -1.04. The van der Waals surface area contributed by atoms with Crippen LogP contribution in [-0.4, -0.2) is 38.2 Å². The highest BCUT2D eigenvalue weighted by Gasteiger charge is 2.22. The minimum Gasteiger partial charge on any atom is -0.480 e. The molecule has 1 amide bonds. The Kier molecular flexibility index (Phi) is 4.93. The first-order valence-electron chi connectivity index (χ1n) is 7.10. The highest BCUT2D eigenvalue weighted by molar-refractivity contribution is 5.96. The van der Waals surface area contributed by atoms with Crippen LogP contribution in [0.15, 0.2) is 36.5 Å². The fraction of sp³-hybridized carbons (Fsp3) is 0.312. The summed E-state index contributed by atoms with van der Waals surface area (Å²) in [6.07, 6.45) is 1.66. The third-order valence-corrected chi connectivity index (χ3v) is 3.33. The molecule has 1 heterocycles. The molecular weight excluding hydrogens is 282 g/mol. The van der Waals surface area contributed by atoms with Crippen molar-refractivity contribution in [3.8, 4) is 0 Å². The van der Waals surface area contributed by atoms with Gasteiger partial charge in [-0.2, -0.15) is 5.10 Å². The lowest BCUT2D eigenvalue weighted by molar-refractivity contribution is -0.137. The predicted octanol–water partition coefficient (Wildman–Crippen LogP) is 1.94. The van der Waals surface area contributed by atoms with Crippen LogP contribution in [0.1, 0.15) is 28.5 Å². The molecule has 0 bridgehead atoms. The van der Waals surface area contributed by atoms with Crippen LogP contribution in [-0.2, 0) is 17.9 Å². The molecule has 0 saturated heterocycles. The Morgan fingerprint density at radius 3 is 2.50 bits per heavy atom. The maximum atomic E-state index is 12.6. The highest BCUT2D eigenvalue weighted by Crippen LogP contribution is 2.13. The summed E-state index contributed by atoms with van der Waals surface area (Å²) in [5.74, 6) is -1.35. The van der Waals surface area contributed by atoms with Gasteiger partial charge in [-0.3, -0.25) is 14.3 Å². The van der Waals surface area contributed by atoms with Gasteiger partial charge in [0, 0.05) is 19.3 Å². The number of carbonyl (C=O) groups excluding carboxylic acids is 1. The Bertz CT molecular complexity index is 665. The van der Waals surface area contributed by atoms with E-state index < -0.39 is 5.97 Å². The number of benzene rings is 1. The Morgan fingerprint density at radius 1 is 1.27 bits per heavy atom. The van der Waals surface area contributed by atoms with Gasteiger partial charge in [0.2, 0.25) is 0 Å². The zero-order valence-electron chi connectivity index (χ0n) is 12.7. The minimum absolute atomic E-state index is 0.253. The topological polar surface area (TPSA) is 75.4 Å². The van der Waals surface area contributed by atoms with Gasteiger partial charge in [-0.1, -0.05) is 30.3 Å². The molecule has 0 atom stereocenters. The second-order valence-electron chi connectivity index (χ2n) is 5.02. The summed E-state index contributed by atoms with van der Waals surface area (Å²) < 4.78 is 1.67. The lowest BCUT2D eigenvalue weighted by Gasteiger charge is -2.20. The van der Waals surface area contributed by atoms with Crippen molar-refractivity contribution in [2.45, 2.75) is 26.9 Å². The molecule has 6 nitrogen and oxygen atoms in total. The molecule has 0 aliphatic rings. The second kappa shape index (κ2) is 6.89. The normalized spacial score (nSPS) is 10.5. The Labute approximate surface area is 129 Å². The van der Waals surface area contributed by atoms with E-state index in [1.165, 1.54) is 4.90 Å². The number of aliphatic carboxylic acids is 1. The van der Waals surface area contributed by atoms with Crippen LogP contribution < -0.4 is 0 Å². The van der Waals surface area contributed by atoms with Gasteiger partial charge in [-0.15, -0.1) is 0 Å². The van der Waals surface area contributed by atoms with Gasteiger partial charge in [-0.25, -0.2) is 0 Å². The maximum Gasteiger partial charge on any atom is 0.323 e. The largest absolute Gasteiger partial charge is 0.480 e. The van der Waals surface area contributed by atoms with Crippen LogP contribution in [0.4, 0.5) is 0 Å². The van der Waals surface area contributed by atoms with Crippen LogP contribution in [0.2, 0.25) is 0 Å². The molecule has 0 spiro atoms. The molecule has 1 aromatic carbocycles. The van der Waals surface area contributed by atoms with Crippen molar-refractivity contribution in [1.82, 2.24) is 14.7 Å². The molecule has 0 aliphatic carbocycles. The molecule has 2 aromatic rings. The monoisotopic (exact) mass is 301 g/mol. The van der Waals surface area contributed by atoms with Crippen molar-refractivity contribution in [3.05, 3.63) is 53.3 Å². The fourth-order valence-corrected chi connectivity index (χ4v) is 2.23. The molecule has 0 saturated carbocycles. The van der Waals surface area contributed by atoms with Gasteiger partial charge in [-0.05, 0) is 19.4 Å². The number of carboxylic acids is 1. The number of nitrogens with zero attached hydrogens (tertiary/aromatic N) is 3. The fourth-order valence-electron chi connectivity index (χ4n) is 2.23. The molecule has 6 heteroatoms. The molecule has 0 aliphatic heterocycles. The van der Waals surface area contributed by atoms with E-state index >= 15 is 0 Å². The number of hydrogen-bond acceptors (Lipinski definition) is 3. The average Bonchev–Trinajstić information content (AvgIpc) is 2.87. The van der Waals surface area contributed by atoms with Crippen molar-refractivity contribution < 1.29 is 14.7 Å². The quantitative estimate of drug-likeness (QED) is 0.884. The SMILES string of the molecule is CCn1cc(C(=O)N(CC(=O)O)Cc2ccccc2)c(C)n1. The third kappa shape index (κ3) is 3.72. The summed E-state index contributed by atoms with van der Waals surface area (Å²) in [7, 11) is 0. The molecule has 22 heavy (non-hydrogen) atoms. The maximum absolute atomic E-state index is 12.6. The molecule has 0 radical (unpaired) electrons. The third-order valence-electron chi connectivity index (χ3n) is 3.33. The van der Waals surface area contributed by atoms with Crippen LogP contribution in [0.25, 0.3) is 0 Å². The first-order chi connectivity index (χ1) is 10.5. The van der Waals surface area contributed by atoms with Crippen molar-refractivity contribution in [2.75, 3.05) is 6.54 Å². The summed E-state index contributed by atoms with van der Waals surface area (Å²) in [5.41, 5.74) is 1.94. The zero-order chi connectivity index (χ0) is 16.1. The van der Waals surface area contributed by atoms with E-state index in [9.17, 15) is 9.59 Å². The van der Waals surface area contributed by atoms with Crippen LogP contribution in [0.3, 0.4) is 0 Å². The second-order valence-corrected chi connectivity index (χ2v) is 5.02. The molecule has 0 fully saturated rings. The number of carbonyl (C=O) groups is 2. The Hall–Kier alpha value is -2.63. The van der Waals surface area contributed by atoms with Gasteiger partial charge in [0.15, 0.2) is 0 Å². The molecule has 2 rings (SSSR count). The van der Waals surface area contributed by atoms with Crippen molar-refractivity contribution >= 4 is 11.9 Å². The number of aryl methyl sites for hydroxylation is 2. The van der Waals surface area contributed by atoms with Crippen molar-refractivity contribution in [2.24, 2.45) is 0 Å². The smallest absolute Gasteiger partial charge is 0.323 e. The van der Waals surface area contributed by atoms with E-state index in [-0.39, 0.29) is 19.0 Å². The van der Waals surface area contributed by atoms with Crippen LogP contribution >= 0.6 is 0 Å². The summed E-state index contributed by atoms with van der Waals surface area (Å²) >= 11 is 0. The number of hydrogen-bond donors (Lipinski definition) is 1. The van der Waals surface area contributed by atoms with Gasteiger partial charge in [0.1, 0.15) is 6.54 Å². The van der Waals surface area contributed by atoms with Crippen LogP contribution in [0, 0.1) is 6.92 Å². The molecule has 1 aromatic heterocycles. The lowest BCUT2D eigenvalue weighted by atomic mass is 10.2. The summed E-state index contributed by atoms with van der Waals surface area (Å²) in [4.78, 5) is 25.0. The molecular formula is C16H19N3O3. The van der Waals surface area contributed by atoms with E-state index in [4.69, 9.17) is 5.11 Å². The summed E-state index contributed by atoms with van der Waals surface area (Å²) in [6, 6.07) is 9.33. The van der Waals surface area contributed by atoms with Crippen molar-refractivity contribution in [3.63, 3.8) is 0 Å². The number of carboxylic acid groups (broad SMARTS) is 1. The van der Waals surface area contributed by atoms with E-state index in [2.05, 4.69) is 5.10 Å². The van der Waals surface area contributed by atoms with Crippen LogP contribution in [0.5, 0.6) is 0 Å². The summed E-state index contributed by atoms with van der Waals surface area (Å²) in [6.45, 7) is 4.25. The average molecular weight is 301 g/mol. The summed E-state index contributed by atoms with van der Waals surface area (Å²) in [5, 5.41) is 13.3. The van der Waals surface area contributed by atoms with E-state index in [0.29, 0.717) is 17.8 Å². The van der Waals surface area contributed by atoms with Gasteiger partial charge in [0.05, 0.1) is 11.3 Å². The molecule has 1 N–H and O–H groups in total. The standard InChI is InChI=1S/C16H19N3O3/c1-3-19-10-14(12(2)17-19)16(22)18(11-15(20)21)9-13-7-5-4-6-8-13/h4-8,10H,3,9,11H2,1-2H3,(H,20,21). The van der Waals surface area contributed by atoms with E-state index in [0.717, 1.165) is 5.56 Å². The van der Waals surface area contributed by atoms with Gasteiger partial charge < -0.3 is 10.0 Å². The number of aromatic nitrogens is 2. The first-order valence-corrected chi connectivity index (χ1v) is 7.10. The Morgan fingerprint density at radius 2 is 1.95 bits per heavy atom. The van der Waals surface area contributed by atoms with E-state index in [1.807, 2.05) is 37.3 Å². The van der Waals surface area contributed by atoms with Gasteiger partial charge in [0.25, 0.3) is 5.91 Å². The number of rotatable bonds is 6. The lowest BCUT2D eigenvalue weighted by Crippen LogP contribution is -2.35. The predicted molar refractivity (Wildman–Crippen MR) is 81.5 cm³/mol. The number of amides is 1. The Balaban J connectivity index is 2.25. The van der Waals surface area contributed by atoms with Crippen molar-refractivity contribution in [1.29, 1.82) is 0 Å². The molecule has 116 valence electrons. The first kappa shape index (κ1) is 15.8. The van der Waals surface area contributed by atoms with Gasteiger partial charge >= 0.3 is 5.97 Å².